The molecule has 0 fully saturated rings. The highest BCUT2D eigenvalue weighted by Gasteiger charge is 2.25. The third-order valence-electron chi connectivity index (χ3n) is 3.40. The topological polar surface area (TPSA) is 100 Å². The maximum atomic E-state index is 12.1. The number of hydrogen-bond acceptors (Lipinski definition) is 6. The Balaban J connectivity index is 2.66. The van der Waals surface area contributed by atoms with E-state index in [1.54, 1.807) is 38.1 Å². The first-order chi connectivity index (χ1) is 11.4. The SMILES string of the molecule is CCC(=O)c1c(O)oc(=O)c(C(CC)=Nc2ccc(Cl)cc2)c1O. The Morgan fingerprint density at radius 3 is 2.29 bits per heavy atom. The molecular weight excluding hydrogens is 334 g/mol. The lowest BCUT2D eigenvalue weighted by Crippen LogP contribution is -2.17. The monoisotopic (exact) mass is 349 g/mol. The van der Waals surface area contributed by atoms with Crippen LogP contribution in [0.1, 0.15) is 42.6 Å². The molecule has 2 aromatic rings. The lowest BCUT2D eigenvalue weighted by Gasteiger charge is -2.10. The van der Waals surface area contributed by atoms with Gasteiger partial charge in [-0.15, -0.1) is 0 Å². The van der Waals surface area contributed by atoms with E-state index in [1.165, 1.54) is 0 Å². The smallest absolute Gasteiger partial charge is 0.351 e. The zero-order valence-corrected chi connectivity index (χ0v) is 13.9. The van der Waals surface area contributed by atoms with Crippen molar-refractivity contribution in [1.82, 2.24) is 0 Å². The highest BCUT2D eigenvalue weighted by atomic mass is 35.5. The van der Waals surface area contributed by atoms with Gasteiger partial charge in [-0.2, -0.15) is 0 Å². The van der Waals surface area contributed by atoms with Crippen LogP contribution in [0.3, 0.4) is 0 Å². The van der Waals surface area contributed by atoms with Gasteiger partial charge in [0.25, 0.3) is 5.95 Å². The summed E-state index contributed by atoms with van der Waals surface area (Å²) in [6.45, 7) is 3.30. The first-order valence-corrected chi connectivity index (χ1v) is 7.72. The number of carbonyl (C=O) groups excluding carboxylic acids is 1. The van der Waals surface area contributed by atoms with E-state index in [-0.39, 0.29) is 17.7 Å². The number of aliphatic imine (C=N–C) groups is 1. The molecule has 0 aliphatic carbocycles. The number of nitrogens with zero attached hydrogens (tertiary/aromatic N) is 1. The van der Waals surface area contributed by atoms with Gasteiger partial charge in [-0.05, 0) is 30.7 Å². The number of Topliss-reactive ketones (excluding diaryl/α,β-unsaturated/α-hetero) is 1. The predicted octanol–water partition coefficient (Wildman–Crippen LogP) is 3.83. The zero-order valence-electron chi connectivity index (χ0n) is 13.2. The van der Waals surface area contributed by atoms with Gasteiger partial charge in [0.05, 0.1) is 11.4 Å². The van der Waals surface area contributed by atoms with Crippen molar-refractivity contribution in [3.8, 4) is 11.7 Å². The van der Waals surface area contributed by atoms with Gasteiger partial charge >= 0.3 is 5.63 Å². The summed E-state index contributed by atoms with van der Waals surface area (Å²) >= 11 is 5.82. The van der Waals surface area contributed by atoms with Crippen molar-refractivity contribution in [2.75, 3.05) is 0 Å². The Morgan fingerprint density at radius 1 is 1.12 bits per heavy atom. The third kappa shape index (κ3) is 3.49. The number of benzene rings is 1. The summed E-state index contributed by atoms with van der Waals surface area (Å²) in [5.41, 5.74) is -0.862. The summed E-state index contributed by atoms with van der Waals surface area (Å²) in [5.74, 6) is -2.06. The first-order valence-electron chi connectivity index (χ1n) is 7.34. The molecule has 0 radical (unpaired) electrons. The minimum atomic E-state index is -0.966. The van der Waals surface area contributed by atoms with Crippen molar-refractivity contribution in [1.29, 1.82) is 0 Å². The predicted molar refractivity (Wildman–Crippen MR) is 90.9 cm³/mol. The van der Waals surface area contributed by atoms with Crippen LogP contribution in [-0.4, -0.2) is 21.7 Å². The molecule has 0 bridgehead atoms. The first kappa shape index (κ1) is 17.7. The second-order valence-corrected chi connectivity index (χ2v) is 5.39. The van der Waals surface area contributed by atoms with Crippen LogP contribution in [0.25, 0.3) is 0 Å². The van der Waals surface area contributed by atoms with Gasteiger partial charge in [-0.3, -0.25) is 9.79 Å². The number of carbonyl (C=O) groups is 1. The molecule has 0 aliphatic heterocycles. The minimum Gasteiger partial charge on any atom is -0.506 e. The molecule has 0 unspecified atom stereocenters. The number of ketones is 1. The van der Waals surface area contributed by atoms with Crippen molar-refractivity contribution >= 4 is 28.8 Å². The molecule has 1 aromatic heterocycles. The molecule has 2 rings (SSSR count). The molecule has 0 spiro atoms. The molecular formula is C17H16ClNO5. The van der Waals surface area contributed by atoms with Gasteiger partial charge in [0.2, 0.25) is 0 Å². The fraction of sp³-hybridized carbons (Fsp3) is 0.235. The average molecular weight is 350 g/mol. The van der Waals surface area contributed by atoms with Crippen LogP contribution < -0.4 is 5.63 Å². The number of rotatable bonds is 5. The zero-order chi connectivity index (χ0) is 17.9. The van der Waals surface area contributed by atoms with Crippen LogP contribution in [0.4, 0.5) is 5.69 Å². The molecule has 6 nitrogen and oxygen atoms in total. The summed E-state index contributed by atoms with van der Waals surface area (Å²) in [4.78, 5) is 28.3. The van der Waals surface area contributed by atoms with Gasteiger partial charge in [-0.25, -0.2) is 4.79 Å². The van der Waals surface area contributed by atoms with Crippen molar-refractivity contribution in [2.45, 2.75) is 26.7 Å². The van der Waals surface area contributed by atoms with Crippen molar-refractivity contribution < 1.29 is 19.4 Å². The van der Waals surface area contributed by atoms with Crippen molar-refractivity contribution in [2.24, 2.45) is 4.99 Å². The third-order valence-corrected chi connectivity index (χ3v) is 3.65. The van der Waals surface area contributed by atoms with Gasteiger partial charge in [-0.1, -0.05) is 25.4 Å². The fourth-order valence-corrected chi connectivity index (χ4v) is 2.30. The molecule has 126 valence electrons. The normalized spacial score (nSPS) is 11.5. The van der Waals surface area contributed by atoms with Crippen LogP contribution >= 0.6 is 11.6 Å². The van der Waals surface area contributed by atoms with E-state index in [0.717, 1.165) is 0 Å². The minimum absolute atomic E-state index is 0.0318. The largest absolute Gasteiger partial charge is 0.506 e. The van der Waals surface area contributed by atoms with Crippen molar-refractivity contribution in [3.05, 3.63) is 50.8 Å². The molecule has 7 heteroatoms. The molecule has 24 heavy (non-hydrogen) atoms. The molecule has 0 saturated carbocycles. The second-order valence-electron chi connectivity index (χ2n) is 4.96. The standard InChI is InChI=1S/C17H16ClNO5/c1-3-11(19-10-7-5-9(18)6-8-10)13-15(21)14(12(20)4-2)17(23)24-16(13)22/h5-8,21,23H,3-4H2,1-2H3. The number of aromatic hydroxyl groups is 2. The quantitative estimate of drug-likeness (QED) is 0.631. The van der Waals surface area contributed by atoms with Gasteiger partial charge in [0.1, 0.15) is 16.9 Å². The molecule has 1 heterocycles. The molecule has 0 atom stereocenters. The molecule has 0 saturated heterocycles. The van der Waals surface area contributed by atoms with Crippen LogP contribution in [0.15, 0.2) is 38.5 Å². The average Bonchev–Trinajstić information content (AvgIpc) is 2.55. The van der Waals surface area contributed by atoms with E-state index in [1.807, 2.05) is 0 Å². The Labute approximate surface area is 143 Å². The fourth-order valence-electron chi connectivity index (χ4n) is 2.18. The van der Waals surface area contributed by atoms with Gasteiger partial charge < -0.3 is 14.6 Å². The maximum Gasteiger partial charge on any atom is 0.351 e. The molecule has 1 aromatic carbocycles. The summed E-state index contributed by atoms with van der Waals surface area (Å²) in [7, 11) is 0. The second kappa shape index (κ2) is 7.31. The van der Waals surface area contributed by atoms with Crippen LogP contribution in [0, 0.1) is 0 Å². The van der Waals surface area contributed by atoms with E-state index >= 15 is 0 Å². The summed E-state index contributed by atoms with van der Waals surface area (Å²) in [5, 5.41) is 20.5. The Morgan fingerprint density at radius 2 is 1.75 bits per heavy atom. The summed E-state index contributed by atoms with van der Waals surface area (Å²) in [6, 6.07) is 6.57. The van der Waals surface area contributed by atoms with Crippen LogP contribution in [0.2, 0.25) is 5.02 Å². The summed E-state index contributed by atoms with van der Waals surface area (Å²) in [6.07, 6.45) is 0.329. The lowest BCUT2D eigenvalue weighted by atomic mass is 10.0. The Kier molecular flexibility index (Phi) is 5.41. The highest BCUT2D eigenvalue weighted by molar-refractivity contribution is 6.30. The van der Waals surface area contributed by atoms with Gasteiger partial charge in [0, 0.05) is 11.4 Å². The van der Waals surface area contributed by atoms with Crippen LogP contribution in [-0.2, 0) is 0 Å². The summed E-state index contributed by atoms with van der Waals surface area (Å²) < 4.78 is 4.70. The van der Waals surface area contributed by atoms with E-state index in [0.29, 0.717) is 17.1 Å². The van der Waals surface area contributed by atoms with Crippen molar-refractivity contribution in [3.63, 3.8) is 0 Å². The van der Waals surface area contributed by atoms with E-state index < -0.39 is 28.7 Å². The molecule has 2 N–H and O–H groups in total. The van der Waals surface area contributed by atoms with Gasteiger partial charge in [0.15, 0.2) is 5.78 Å². The van der Waals surface area contributed by atoms with E-state index in [4.69, 9.17) is 16.0 Å². The molecule has 0 amide bonds. The van der Waals surface area contributed by atoms with E-state index in [9.17, 15) is 19.8 Å². The maximum absolute atomic E-state index is 12.1. The molecule has 0 aliphatic rings. The Bertz CT molecular complexity index is 853. The highest BCUT2D eigenvalue weighted by Crippen LogP contribution is 2.31. The van der Waals surface area contributed by atoms with Crippen LogP contribution in [0.5, 0.6) is 11.7 Å². The Hall–Kier alpha value is -2.60. The lowest BCUT2D eigenvalue weighted by molar-refractivity contribution is 0.0976. The number of hydrogen-bond donors (Lipinski definition) is 2. The van der Waals surface area contributed by atoms with E-state index in [2.05, 4.69) is 4.99 Å². The number of halogens is 1.